The predicted molar refractivity (Wildman–Crippen MR) is 203 cm³/mol. The molecule has 0 aliphatic heterocycles. The first-order chi connectivity index (χ1) is 22.3. The van der Waals surface area contributed by atoms with Crippen molar-refractivity contribution in [3.63, 3.8) is 0 Å². The summed E-state index contributed by atoms with van der Waals surface area (Å²) in [5, 5.41) is 12.4. The molecule has 1 heterocycles. The molecule has 0 unspecified atom stereocenters. The second kappa shape index (κ2) is 24.6. The number of benzene rings is 1. The van der Waals surface area contributed by atoms with Gasteiger partial charge in [0.15, 0.2) is 0 Å². The van der Waals surface area contributed by atoms with Gasteiger partial charge in [0, 0.05) is 37.6 Å². The summed E-state index contributed by atoms with van der Waals surface area (Å²) in [7, 11) is 0. The lowest BCUT2D eigenvalue weighted by molar-refractivity contribution is -0.120. The third-order valence-electron chi connectivity index (χ3n) is 5.98. The highest BCUT2D eigenvalue weighted by molar-refractivity contribution is 5.93. The lowest BCUT2D eigenvalue weighted by Gasteiger charge is -2.29. The lowest BCUT2D eigenvalue weighted by atomic mass is 9.92. The molecule has 1 aromatic carbocycles. The SMILES string of the molecule is C#CC#CC#CC#CC#CC#CC#CC#CC#C.CC(C)[C@H](C)C(=O)Nc1nc2ccc(CO)cc2n1C1CCC1.O=O.[HH].[HH].[HH].[HH].[HH].[HH].[HH].[HH].[HH].[HH].[HH].[N-]=[N+]=N. The van der Waals surface area contributed by atoms with Crippen molar-refractivity contribution in [1.29, 1.82) is 5.53 Å². The molecule has 3 N–H and O–H groups in total. The smallest absolute Gasteiger partial charge is 0.229 e. The quantitative estimate of drug-likeness (QED) is 0.135. The Morgan fingerprint density at radius 1 is 0.978 bits per heavy atom. The first kappa shape index (κ1) is 39.1. The van der Waals surface area contributed by atoms with Crippen molar-refractivity contribution in [1.82, 2.24) is 9.55 Å². The minimum absolute atomic E-state index is 0. The number of terminal acetylenes is 2. The van der Waals surface area contributed by atoms with Gasteiger partial charge in [0.2, 0.25) is 11.9 Å². The Balaban J connectivity index is -0.0000000552. The predicted octanol–water partition coefficient (Wildman–Crippen LogP) is 7.41. The number of hydrogen-bond acceptors (Lipinski definition) is 6. The summed E-state index contributed by atoms with van der Waals surface area (Å²) < 4.78 is 2.14. The van der Waals surface area contributed by atoms with Crippen LogP contribution in [0.25, 0.3) is 21.5 Å². The number of amides is 1. The number of imidazole rings is 1. The zero-order valence-corrected chi connectivity index (χ0v) is 25.4. The van der Waals surface area contributed by atoms with Crippen LogP contribution >= 0.6 is 0 Å². The largest absolute Gasteiger partial charge is 0.392 e. The fourth-order valence-corrected chi connectivity index (χ4v) is 3.31. The second-order valence-electron chi connectivity index (χ2n) is 9.03. The highest BCUT2D eigenvalue weighted by Gasteiger charge is 2.27. The van der Waals surface area contributed by atoms with E-state index in [1.165, 1.54) is 6.42 Å². The molecule has 1 amide bonds. The molecule has 3 rings (SSSR count). The van der Waals surface area contributed by atoms with Gasteiger partial charge in [-0.3, -0.25) is 10.1 Å². The molecule has 0 saturated heterocycles. The van der Waals surface area contributed by atoms with Crippen LogP contribution in [0.5, 0.6) is 0 Å². The van der Waals surface area contributed by atoms with Crippen LogP contribution in [-0.2, 0) is 11.4 Å². The van der Waals surface area contributed by atoms with E-state index in [9.17, 15) is 9.90 Å². The van der Waals surface area contributed by atoms with Gasteiger partial charge in [0.25, 0.3) is 0 Å². The van der Waals surface area contributed by atoms with Crippen molar-refractivity contribution in [2.75, 3.05) is 5.32 Å². The van der Waals surface area contributed by atoms with E-state index in [2.05, 4.69) is 110 Å². The van der Waals surface area contributed by atoms with Gasteiger partial charge in [-0.15, -0.1) is 18.4 Å². The number of fused-ring (bicyclic) bond motifs is 1. The summed E-state index contributed by atoms with van der Waals surface area (Å²) in [5.74, 6) is 39.1. The fraction of sp³-hybridized carbons (Fsp3) is 0.278. The average molecular weight is 631 g/mol. The van der Waals surface area contributed by atoms with Gasteiger partial charge in [-0.1, -0.05) is 26.8 Å². The standard InChI is InChI=1S/C18H25N3O2.C18H2.HN3.O2.11H2/c1-11(2)12(3)17(23)20-18-19-15-8-7-13(10-22)9-16(15)21(18)14-5-4-6-14;1-3-5-7-9-11-13-15-17-18-16-14-12-10-8-6-4-2;1-3-2;1-2;;;;;;;;;;;/h7-9,11-12,14,22H,4-6,10H2,1-3H3,(H,19,20,23);1-2H;1H;;11*1H/t12-;;;;;;;;;;;;;;/m0............../s1. The number of aromatic nitrogens is 2. The molecule has 1 aliphatic carbocycles. The lowest BCUT2D eigenvalue weighted by Crippen LogP contribution is -2.27. The normalized spacial score (nSPS) is 9.98. The average Bonchev–Trinajstić information content (AvgIpc) is 3.37. The number of carbonyl (C=O) groups is 1. The van der Waals surface area contributed by atoms with E-state index < -0.39 is 0 Å². The van der Waals surface area contributed by atoms with Gasteiger partial charge in [-0.2, -0.15) is 0 Å². The van der Waals surface area contributed by atoms with E-state index in [1.54, 1.807) is 4.91 Å². The molecule has 46 heavy (non-hydrogen) atoms. The Morgan fingerprint density at radius 3 is 1.76 bits per heavy atom. The minimum Gasteiger partial charge on any atom is -0.392 e. The highest BCUT2D eigenvalue weighted by atomic mass is 16.7. The van der Waals surface area contributed by atoms with Crippen molar-refractivity contribution in [3.05, 3.63) is 44.1 Å². The number of carbonyl (C=O) groups excluding carboxylic acids is 1. The topological polar surface area (TPSA) is 162 Å². The van der Waals surface area contributed by atoms with Crippen molar-refractivity contribution < 1.29 is 25.6 Å². The zero-order chi connectivity index (χ0) is 34.6. The molecule has 2 aromatic rings. The van der Waals surface area contributed by atoms with Crippen LogP contribution in [0, 0.1) is 135 Å². The maximum Gasteiger partial charge on any atom is 0.229 e. The van der Waals surface area contributed by atoms with Gasteiger partial charge in [0.05, 0.1) is 17.6 Å². The third-order valence-corrected chi connectivity index (χ3v) is 5.98. The Labute approximate surface area is 285 Å². The number of hydrogen-bond donors (Lipinski definition) is 3. The van der Waals surface area contributed by atoms with Crippen LogP contribution in [-0.4, -0.2) is 20.6 Å². The number of rotatable bonds is 5. The van der Waals surface area contributed by atoms with E-state index in [0.29, 0.717) is 12.0 Å². The second-order valence-corrected chi connectivity index (χ2v) is 9.03. The van der Waals surface area contributed by atoms with Crippen molar-refractivity contribution in [2.45, 2.75) is 52.7 Å². The molecule has 1 fully saturated rings. The van der Waals surface area contributed by atoms with Gasteiger partial charge in [-0.25, -0.2) is 4.98 Å². The molecular weight excluding hydrogens is 580 g/mol. The van der Waals surface area contributed by atoms with Crippen LogP contribution in [0.1, 0.15) is 67.3 Å². The third kappa shape index (κ3) is 14.8. The molecule has 1 atom stereocenters. The number of nitrogens with zero attached hydrogens (tertiary/aromatic N) is 4. The number of aliphatic hydroxyl groups is 1. The first-order valence-electron chi connectivity index (χ1n) is 13.4. The molecule has 0 spiro atoms. The van der Waals surface area contributed by atoms with Crippen molar-refractivity contribution >= 4 is 22.9 Å². The monoisotopic (exact) mass is 630 g/mol. The fourth-order valence-electron chi connectivity index (χ4n) is 3.31. The van der Waals surface area contributed by atoms with Gasteiger partial charge in [0.1, 0.15) is 0 Å². The summed E-state index contributed by atoms with van der Waals surface area (Å²) in [4.78, 5) is 32.8. The maximum atomic E-state index is 12.4. The number of nitrogens with one attached hydrogen (secondary N) is 2. The molecule has 1 saturated carbocycles. The van der Waals surface area contributed by atoms with Crippen LogP contribution < -0.4 is 5.32 Å². The van der Waals surface area contributed by atoms with Gasteiger partial charge >= 0.3 is 0 Å². The van der Waals surface area contributed by atoms with E-state index in [1.807, 2.05) is 39.0 Å². The van der Waals surface area contributed by atoms with Crippen LogP contribution in [0.15, 0.2) is 18.2 Å². The van der Waals surface area contributed by atoms with Crippen molar-refractivity contribution in [2.24, 2.45) is 11.8 Å². The summed E-state index contributed by atoms with van der Waals surface area (Å²) in [5.41, 5.74) is 15.0. The minimum atomic E-state index is -0.0577. The molecular formula is C36H50N6O4. The maximum absolute atomic E-state index is 12.4. The first-order valence-corrected chi connectivity index (χ1v) is 13.4. The van der Waals surface area contributed by atoms with E-state index in [4.69, 9.17) is 33.8 Å². The Morgan fingerprint density at radius 2 is 1.41 bits per heavy atom. The van der Waals surface area contributed by atoms with Gasteiger partial charge in [-0.05, 0) is 148 Å². The summed E-state index contributed by atoms with van der Waals surface area (Å²) in [6, 6.07) is 6.15. The Hall–Kier alpha value is -6.93. The van der Waals surface area contributed by atoms with Crippen LogP contribution in [0.4, 0.5) is 5.95 Å². The Kier molecular flexibility index (Phi) is 20.9. The molecule has 1 aromatic heterocycles. The summed E-state index contributed by atoms with van der Waals surface area (Å²) >= 11 is 0. The van der Waals surface area contributed by atoms with E-state index >= 15 is 0 Å². The molecule has 0 radical (unpaired) electrons. The molecule has 248 valence electrons. The molecule has 10 nitrogen and oxygen atoms in total. The van der Waals surface area contributed by atoms with Crippen molar-refractivity contribution in [3.8, 4) is 108 Å². The zero-order valence-electron chi connectivity index (χ0n) is 25.4. The van der Waals surface area contributed by atoms with Crippen LogP contribution in [0.3, 0.4) is 0 Å². The molecule has 0 bridgehead atoms. The number of aliphatic hydroxyl groups excluding tert-OH is 1. The number of anilines is 1. The van der Waals surface area contributed by atoms with E-state index in [-0.39, 0.29) is 40.0 Å². The van der Waals surface area contributed by atoms with E-state index in [0.717, 1.165) is 29.4 Å². The highest BCUT2D eigenvalue weighted by Crippen LogP contribution is 2.37. The van der Waals surface area contributed by atoms with Crippen LogP contribution in [0.2, 0.25) is 0 Å². The molecule has 1 aliphatic rings. The Bertz CT molecular complexity index is 1900. The summed E-state index contributed by atoms with van der Waals surface area (Å²) in [6.07, 6.45) is 13.2. The summed E-state index contributed by atoms with van der Waals surface area (Å²) in [6.45, 7) is 6.05. The van der Waals surface area contributed by atoms with Gasteiger partial charge < -0.3 is 9.67 Å². The molecule has 10 heteroatoms.